The fraction of sp³-hybridized carbons (Fsp3) is 0. The number of nitroso groups, excluding NO2 is 1. The Hall–Kier alpha value is -2.59. The van der Waals surface area contributed by atoms with E-state index in [-0.39, 0.29) is 22.1 Å². The molecule has 0 bridgehead atoms. The van der Waals surface area contributed by atoms with Crippen molar-refractivity contribution in [3.05, 3.63) is 23.1 Å². The molecule has 0 amide bonds. The van der Waals surface area contributed by atoms with Gasteiger partial charge in [0.15, 0.2) is 0 Å². The van der Waals surface area contributed by atoms with Crippen LogP contribution in [0.25, 0.3) is 10.8 Å². The lowest BCUT2D eigenvalue weighted by Gasteiger charge is -2.12. The molecule has 10 heteroatoms. The molecule has 0 saturated heterocycles. The van der Waals surface area contributed by atoms with Crippen molar-refractivity contribution in [1.29, 1.82) is 0 Å². The third-order valence-electron chi connectivity index (χ3n) is 2.76. The van der Waals surface area contributed by atoms with Gasteiger partial charge in [-0.05, 0) is 18.2 Å². The first-order valence-corrected chi connectivity index (χ1v) is 6.61. The summed E-state index contributed by atoms with van der Waals surface area (Å²) in [6.45, 7) is 0. The number of hydrogen-bond donors (Lipinski definition) is 5. The molecule has 0 aliphatic heterocycles. The van der Waals surface area contributed by atoms with Crippen molar-refractivity contribution in [1.82, 2.24) is 0 Å². The van der Waals surface area contributed by atoms with Gasteiger partial charge in [-0.3, -0.25) is 4.55 Å². The van der Waals surface area contributed by atoms with Gasteiger partial charge in [0, 0.05) is 10.8 Å². The normalized spacial score (nSPS) is 11.4. The van der Waals surface area contributed by atoms with E-state index in [1.54, 1.807) is 0 Å². The number of hydrogen-bond acceptors (Lipinski definition) is 7. The van der Waals surface area contributed by atoms with E-state index in [4.69, 9.17) is 16.0 Å². The van der Waals surface area contributed by atoms with E-state index in [2.05, 4.69) is 10.7 Å². The molecule has 0 radical (unpaired) electrons. The van der Waals surface area contributed by atoms with Gasteiger partial charge < -0.3 is 16.6 Å². The maximum atomic E-state index is 11.2. The number of phenolic OH excluding ortho intramolecular Hbond substituents is 1. The first-order chi connectivity index (χ1) is 9.27. The Morgan fingerprint density at radius 2 is 1.85 bits per heavy atom. The quantitative estimate of drug-likeness (QED) is 0.184. The smallest absolute Gasteiger partial charge is 0.296 e. The zero-order chi connectivity index (χ0) is 15.1. The fourth-order valence-corrected chi connectivity index (χ4v) is 2.49. The van der Waals surface area contributed by atoms with Crippen LogP contribution < -0.4 is 16.9 Å². The van der Waals surface area contributed by atoms with Crippen LogP contribution in [-0.2, 0) is 10.1 Å². The van der Waals surface area contributed by atoms with Crippen molar-refractivity contribution in [3.8, 4) is 5.75 Å². The van der Waals surface area contributed by atoms with E-state index in [0.29, 0.717) is 0 Å². The molecule has 0 fully saturated rings. The predicted molar refractivity (Wildman–Crippen MR) is 73.7 cm³/mol. The van der Waals surface area contributed by atoms with Gasteiger partial charge in [0.2, 0.25) is 0 Å². The van der Waals surface area contributed by atoms with Crippen LogP contribution >= 0.6 is 0 Å². The first-order valence-electron chi connectivity index (χ1n) is 5.17. The average molecular weight is 298 g/mol. The largest absolute Gasteiger partial charge is 0.505 e. The molecular formula is C10H10N4O5S. The number of fused-ring (bicyclic) bond motifs is 1. The summed E-state index contributed by atoms with van der Waals surface area (Å²) in [5, 5.41) is 12.6. The Bertz CT molecular complexity index is 818. The number of phenols is 1. The molecule has 2 aromatic rings. The second kappa shape index (κ2) is 4.51. The van der Waals surface area contributed by atoms with Gasteiger partial charge in [-0.15, -0.1) is 4.91 Å². The van der Waals surface area contributed by atoms with Crippen molar-refractivity contribution in [2.24, 2.45) is 5.29 Å². The zero-order valence-electron chi connectivity index (χ0n) is 9.86. The van der Waals surface area contributed by atoms with Crippen LogP contribution in [0.15, 0.2) is 28.4 Å². The Labute approximate surface area is 112 Å². The van der Waals surface area contributed by atoms with E-state index in [1.807, 2.05) is 0 Å². The number of rotatable bonds is 3. The van der Waals surface area contributed by atoms with Crippen LogP contribution in [0.2, 0.25) is 0 Å². The lowest BCUT2D eigenvalue weighted by atomic mass is 10.1. The molecule has 20 heavy (non-hydrogen) atoms. The third kappa shape index (κ3) is 2.06. The summed E-state index contributed by atoms with van der Waals surface area (Å²) in [7, 11) is -4.65. The van der Waals surface area contributed by atoms with Crippen LogP contribution in [-0.4, -0.2) is 18.1 Å². The van der Waals surface area contributed by atoms with Crippen LogP contribution in [0.5, 0.6) is 5.75 Å². The average Bonchev–Trinajstić information content (AvgIpc) is 2.35. The fourth-order valence-electron chi connectivity index (χ4n) is 1.85. The van der Waals surface area contributed by atoms with E-state index < -0.39 is 26.5 Å². The summed E-state index contributed by atoms with van der Waals surface area (Å²) in [6.07, 6.45) is 0. The summed E-state index contributed by atoms with van der Waals surface area (Å²) in [6, 6.07) is 3.76. The van der Waals surface area contributed by atoms with Gasteiger partial charge in [0.1, 0.15) is 10.6 Å². The summed E-state index contributed by atoms with van der Waals surface area (Å²) in [5.74, 6) is -0.552. The van der Waals surface area contributed by atoms with Crippen molar-refractivity contribution >= 4 is 38.0 Å². The highest BCUT2D eigenvalue weighted by Gasteiger charge is 2.21. The van der Waals surface area contributed by atoms with Crippen LogP contribution in [0.4, 0.5) is 17.1 Å². The zero-order valence-corrected chi connectivity index (χ0v) is 10.7. The Kier molecular flexibility index (Phi) is 3.12. The highest BCUT2D eigenvalue weighted by atomic mass is 32.2. The van der Waals surface area contributed by atoms with E-state index in [1.165, 1.54) is 12.1 Å². The summed E-state index contributed by atoms with van der Waals surface area (Å²) in [4.78, 5) is 9.64. The third-order valence-corrected chi connectivity index (χ3v) is 3.66. The molecule has 0 unspecified atom stereocenters. The summed E-state index contributed by atoms with van der Waals surface area (Å²) < 4.78 is 31.6. The number of nitrogens with two attached hydrogens (primary N) is 2. The minimum Gasteiger partial charge on any atom is -0.505 e. The van der Waals surface area contributed by atoms with E-state index >= 15 is 0 Å². The van der Waals surface area contributed by atoms with Crippen molar-refractivity contribution in [3.63, 3.8) is 0 Å². The number of anilines is 3. The summed E-state index contributed by atoms with van der Waals surface area (Å²) in [5.41, 5.74) is 12.8. The first kappa shape index (κ1) is 13.8. The van der Waals surface area contributed by atoms with Gasteiger partial charge in [-0.2, -0.15) is 8.42 Å². The van der Waals surface area contributed by atoms with Crippen LogP contribution in [0.1, 0.15) is 0 Å². The monoisotopic (exact) mass is 298 g/mol. The minimum atomic E-state index is -4.65. The molecule has 0 aromatic heterocycles. The molecule has 106 valence electrons. The van der Waals surface area contributed by atoms with Gasteiger partial charge >= 0.3 is 0 Å². The number of nitrogens with one attached hydrogen (secondary N) is 1. The van der Waals surface area contributed by atoms with Gasteiger partial charge in [0.05, 0.1) is 22.3 Å². The van der Waals surface area contributed by atoms with Crippen LogP contribution in [0.3, 0.4) is 0 Å². The summed E-state index contributed by atoms with van der Waals surface area (Å²) >= 11 is 0. The minimum absolute atomic E-state index is 0.00213. The van der Waals surface area contributed by atoms with Crippen molar-refractivity contribution in [2.75, 3.05) is 16.9 Å². The molecule has 7 N–H and O–H groups in total. The number of aromatic hydroxyl groups is 1. The topological polar surface area (TPSA) is 168 Å². The molecule has 2 rings (SSSR count). The molecule has 0 spiro atoms. The predicted octanol–water partition coefficient (Wildman–Crippen LogP) is 1.05. The highest BCUT2D eigenvalue weighted by molar-refractivity contribution is 7.86. The van der Waals surface area contributed by atoms with E-state index in [0.717, 1.165) is 6.07 Å². The SMILES string of the molecule is Nc1ccc2c(O)c(N)c(S(=O)(=O)O)cc2c1NN=O. The lowest BCUT2D eigenvalue weighted by Crippen LogP contribution is -2.05. The molecule has 9 nitrogen and oxygen atoms in total. The molecular weight excluding hydrogens is 288 g/mol. The maximum absolute atomic E-state index is 11.2. The lowest BCUT2D eigenvalue weighted by molar-refractivity contribution is 0.473. The Morgan fingerprint density at radius 1 is 1.20 bits per heavy atom. The number of benzene rings is 2. The maximum Gasteiger partial charge on any atom is 0.296 e. The molecule has 0 atom stereocenters. The number of nitrogen functional groups attached to an aromatic ring is 2. The Balaban J connectivity index is 2.99. The molecule has 0 aliphatic carbocycles. The number of nitrogens with zero attached hydrogens (tertiary/aromatic N) is 1. The van der Waals surface area contributed by atoms with Crippen LogP contribution in [0, 0.1) is 4.91 Å². The standard InChI is InChI=1S/C10H10N4O5S/c11-6-2-1-4-5(9(6)13-14-16)3-7(20(17,18)19)8(12)10(4)15/h1-3,15H,11-12H2,(H,13,16)(H,17,18,19). The molecule has 2 aromatic carbocycles. The second-order valence-corrected chi connectivity index (χ2v) is 5.33. The molecule has 0 saturated carbocycles. The van der Waals surface area contributed by atoms with Crippen molar-refractivity contribution in [2.45, 2.75) is 4.90 Å². The second-order valence-electron chi connectivity index (χ2n) is 3.94. The van der Waals surface area contributed by atoms with Crippen molar-refractivity contribution < 1.29 is 18.1 Å². The van der Waals surface area contributed by atoms with Gasteiger partial charge in [-0.25, -0.2) is 5.43 Å². The van der Waals surface area contributed by atoms with Gasteiger partial charge in [-0.1, -0.05) is 0 Å². The Morgan fingerprint density at radius 3 is 2.40 bits per heavy atom. The van der Waals surface area contributed by atoms with Gasteiger partial charge in [0.25, 0.3) is 10.1 Å². The molecule has 0 aliphatic rings. The molecule has 0 heterocycles. The highest BCUT2D eigenvalue weighted by Crippen LogP contribution is 2.41. The van der Waals surface area contributed by atoms with E-state index in [9.17, 15) is 18.4 Å².